The van der Waals surface area contributed by atoms with Gasteiger partial charge in [-0.3, -0.25) is 5.32 Å². The predicted octanol–water partition coefficient (Wildman–Crippen LogP) is 4.49. The van der Waals surface area contributed by atoms with E-state index in [0.717, 1.165) is 11.4 Å². The SMILES string of the molecule is COc1ccc(Nc2ccc(NC(=O)Nc3ccccc3)nc2)c(OC)c1. The standard InChI is InChI=1S/C20H20N4O3/c1-26-16-9-10-17(18(12-16)27-2)22-15-8-11-19(21-13-15)24-20(25)23-14-6-4-3-5-7-14/h3-13,22H,1-2H3,(H2,21,23,24,25). The van der Waals surface area contributed by atoms with Crippen LogP contribution >= 0.6 is 0 Å². The molecule has 0 spiro atoms. The minimum Gasteiger partial charge on any atom is -0.497 e. The Bertz CT molecular complexity index is 899. The van der Waals surface area contributed by atoms with Gasteiger partial charge in [0.2, 0.25) is 0 Å². The Morgan fingerprint density at radius 2 is 1.70 bits per heavy atom. The van der Waals surface area contributed by atoms with Crippen LogP contribution in [0.2, 0.25) is 0 Å². The normalized spacial score (nSPS) is 10.0. The van der Waals surface area contributed by atoms with E-state index in [1.165, 1.54) is 0 Å². The van der Waals surface area contributed by atoms with Crippen LogP contribution in [-0.4, -0.2) is 25.2 Å². The number of hydrogen-bond acceptors (Lipinski definition) is 5. The summed E-state index contributed by atoms with van der Waals surface area (Å²) in [4.78, 5) is 16.2. The number of rotatable bonds is 6. The summed E-state index contributed by atoms with van der Waals surface area (Å²) in [5.41, 5.74) is 2.25. The van der Waals surface area contributed by atoms with Crippen molar-refractivity contribution in [3.63, 3.8) is 0 Å². The second kappa shape index (κ2) is 8.57. The van der Waals surface area contributed by atoms with E-state index < -0.39 is 0 Å². The van der Waals surface area contributed by atoms with Crippen LogP contribution in [0.1, 0.15) is 0 Å². The van der Waals surface area contributed by atoms with Gasteiger partial charge in [-0.1, -0.05) is 18.2 Å². The van der Waals surface area contributed by atoms with E-state index in [2.05, 4.69) is 20.9 Å². The first-order valence-electron chi connectivity index (χ1n) is 8.26. The van der Waals surface area contributed by atoms with E-state index in [-0.39, 0.29) is 6.03 Å². The molecule has 0 saturated heterocycles. The van der Waals surface area contributed by atoms with Gasteiger partial charge in [0.05, 0.1) is 31.8 Å². The molecule has 7 nitrogen and oxygen atoms in total. The smallest absolute Gasteiger partial charge is 0.324 e. The Morgan fingerprint density at radius 3 is 2.37 bits per heavy atom. The zero-order valence-electron chi connectivity index (χ0n) is 15.0. The fraction of sp³-hybridized carbons (Fsp3) is 0.100. The molecule has 0 unspecified atom stereocenters. The molecule has 2 aromatic carbocycles. The lowest BCUT2D eigenvalue weighted by molar-refractivity contribution is 0.262. The Labute approximate surface area is 157 Å². The number of ether oxygens (including phenoxy) is 2. The molecule has 0 bridgehead atoms. The molecule has 138 valence electrons. The zero-order chi connectivity index (χ0) is 19.1. The summed E-state index contributed by atoms with van der Waals surface area (Å²) >= 11 is 0. The number of amides is 2. The first kappa shape index (κ1) is 18.1. The van der Waals surface area contributed by atoms with Gasteiger partial charge < -0.3 is 20.1 Å². The number of carbonyl (C=O) groups is 1. The third-order valence-corrected chi connectivity index (χ3v) is 3.72. The van der Waals surface area contributed by atoms with Crippen LogP contribution in [0.4, 0.5) is 27.7 Å². The van der Waals surface area contributed by atoms with Crippen molar-refractivity contribution in [2.24, 2.45) is 0 Å². The van der Waals surface area contributed by atoms with E-state index in [1.807, 2.05) is 48.5 Å². The number of carbonyl (C=O) groups excluding carboxylic acids is 1. The molecule has 0 aliphatic rings. The molecule has 0 radical (unpaired) electrons. The van der Waals surface area contributed by atoms with Crippen molar-refractivity contribution in [1.82, 2.24) is 4.98 Å². The third kappa shape index (κ3) is 4.88. The largest absolute Gasteiger partial charge is 0.497 e. The Balaban J connectivity index is 1.63. The number of methoxy groups -OCH3 is 2. The molecule has 2 amide bonds. The van der Waals surface area contributed by atoms with Crippen molar-refractivity contribution in [2.45, 2.75) is 0 Å². The number of nitrogens with one attached hydrogen (secondary N) is 3. The highest BCUT2D eigenvalue weighted by molar-refractivity contribution is 5.99. The van der Waals surface area contributed by atoms with E-state index in [4.69, 9.17) is 9.47 Å². The summed E-state index contributed by atoms with van der Waals surface area (Å²) in [6.45, 7) is 0. The molecule has 3 N–H and O–H groups in total. The highest BCUT2D eigenvalue weighted by Gasteiger charge is 2.07. The van der Waals surface area contributed by atoms with Crippen molar-refractivity contribution < 1.29 is 14.3 Å². The van der Waals surface area contributed by atoms with Gasteiger partial charge in [-0.15, -0.1) is 0 Å². The zero-order valence-corrected chi connectivity index (χ0v) is 15.0. The second-order valence-electron chi connectivity index (χ2n) is 5.57. The number of aromatic nitrogens is 1. The molecule has 1 heterocycles. The highest BCUT2D eigenvalue weighted by atomic mass is 16.5. The molecule has 27 heavy (non-hydrogen) atoms. The number of hydrogen-bond donors (Lipinski definition) is 3. The average Bonchev–Trinajstić information content (AvgIpc) is 2.70. The van der Waals surface area contributed by atoms with Gasteiger partial charge >= 0.3 is 6.03 Å². The maximum Gasteiger partial charge on any atom is 0.324 e. The minimum atomic E-state index is -0.355. The van der Waals surface area contributed by atoms with Gasteiger partial charge in [0.25, 0.3) is 0 Å². The van der Waals surface area contributed by atoms with Gasteiger partial charge in [0, 0.05) is 11.8 Å². The fourth-order valence-electron chi connectivity index (χ4n) is 2.40. The second-order valence-corrected chi connectivity index (χ2v) is 5.57. The average molecular weight is 364 g/mol. The van der Waals surface area contributed by atoms with E-state index in [1.54, 1.807) is 32.5 Å². The van der Waals surface area contributed by atoms with Crippen molar-refractivity contribution in [3.05, 3.63) is 66.9 Å². The number of benzene rings is 2. The molecule has 0 aliphatic carbocycles. The summed E-state index contributed by atoms with van der Waals surface area (Å²) in [6, 6.07) is 17.9. The molecular formula is C20H20N4O3. The number of pyridine rings is 1. The van der Waals surface area contributed by atoms with Gasteiger partial charge in [-0.05, 0) is 36.4 Å². The van der Waals surface area contributed by atoms with Crippen LogP contribution in [0, 0.1) is 0 Å². The van der Waals surface area contributed by atoms with Gasteiger partial charge in [0.1, 0.15) is 17.3 Å². The van der Waals surface area contributed by atoms with Crippen LogP contribution < -0.4 is 25.4 Å². The first-order chi connectivity index (χ1) is 13.2. The number of urea groups is 1. The molecule has 0 saturated carbocycles. The molecule has 0 fully saturated rings. The van der Waals surface area contributed by atoms with E-state index >= 15 is 0 Å². The summed E-state index contributed by atoms with van der Waals surface area (Å²) < 4.78 is 10.6. The summed E-state index contributed by atoms with van der Waals surface area (Å²) in [5, 5.41) is 8.65. The van der Waals surface area contributed by atoms with Crippen molar-refractivity contribution in [1.29, 1.82) is 0 Å². The number of para-hydroxylation sites is 1. The Kier molecular flexibility index (Phi) is 5.73. The van der Waals surface area contributed by atoms with E-state index in [0.29, 0.717) is 23.0 Å². The fourth-order valence-corrected chi connectivity index (χ4v) is 2.40. The minimum absolute atomic E-state index is 0.355. The highest BCUT2D eigenvalue weighted by Crippen LogP contribution is 2.31. The molecule has 3 rings (SSSR count). The van der Waals surface area contributed by atoms with Crippen LogP contribution in [0.25, 0.3) is 0 Å². The summed E-state index contributed by atoms with van der Waals surface area (Å²) in [7, 11) is 3.20. The molecule has 0 aliphatic heterocycles. The van der Waals surface area contributed by atoms with Crippen molar-refractivity contribution >= 4 is 28.9 Å². The van der Waals surface area contributed by atoms with Crippen molar-refractivity contribution in [3.8, 4) is 11.5 Å². The lowest BCUT2D eigenvalue weighted by Crippen LogP contribution is -2.19. The van der Waals surface area contributed by atoms with Crippen LogP contribution in [-0.2, 0) is 0 Å². The van der Waals surface area contributed by atoms with E-state index in [9.17, 15) is 4.79 Å². The monoisotopic (exact) mass is 364 g/mol. The lowest BCUT2D eigenvalue weighted by Gasteiger charge is -2.13. The van der Waals surface area contributed by atoms with Gasteiger partial charge in [-0.2, -0.15) is 0 Å². The predicted molar refractivity (Wildman–Crippen MR) is 106 cm³/mol. The third-order valence-electron chi connectivity index (χ3n) is 3.72. The summed E-state index contributed by atoms with van der Waals surface area (Å²) in [5.74, 6) is 1.80. The number of anilines is 4. The van der Waals surface area contributed by atoms with Crippen LogP contribution in [0.15, 0.2) is 66.9 Å². The Morgan fingerprint density at radius 1 is 0.889 bits per heavy atom. The van der Waals surface area contributed by atoms with Gasteiger partial charge in [-0.25, -0.2) is 9.78 Å². The maximum atomic E-state index is 12.0. The molecule has 3 aromatic rings. The quantitative estimate of drug-likeness (QED) is 0.600. The number of nitrogens with zero attached hydrogens (tertiary/aromatic N) is 1. The lowest BCUT2D eigenvalue weighted by atomic mass is 10.2. The topological polar surface area (TPSA) is 84.5 Å². The maximum absolute atomic E-state index is 12.0. The molecule has 1 aromatic heterocycles. The first-order valence-corrected chi connectivity index (χ1v) is 8.26. The van der Waals surface area contributed by atoms with Gasteiger partial charge in [0.15, 0.2) is 0 Å². The van der Waals surface area contributed by atoms with Crippen LogP contribution in [0.3, 0.4) is 0 Å². The molecular weight excluding hydrogens is 344 g/mol. The van der Waals surface area contributed by atoms with Crippen LogP contribution in [0.5, 0.6) is 11.5 Å². The molecule has 7 heteroatoms. The molecule has 0 atom stereocenters. The Hall–Kier alpha value is -3.74. The summed E-state index contributed by atoms with van der Waals surface area (Å²) in [6.07, 6.45) is 1.63. The van der Waals surface area contributed by atoms with Crippen molar-refractivity contribution in [2.75, 3.05) is 30.2 Å².